The number of rotatable bonds is 2. The van der Waals surface area contributed by atoms with Gasteiger partial charge < -0.3 is 11.1 Å². The Balaban J connectivity index is 2.18. The van der Waals surface area contributed by atoms with Crippen LogP contribution in [0.2, 0.25) is 0 Å². The lowest BCUT2D eigenvalue weighted by atomic mass is 10.2. The van der Waals surface area contributed by atoms with E-state index in [1.54, 1.807) is 23.6 Å². The number of benzene rings is 1. The van der Waals surface area contributed by atoms with Gasteiger partial charge in [0.15, 0.2) is 5.69 Å². The molecule has 2 aromatic rings. The topological polar surface area (TPSA) is 80.9 Å². The van der Waals surface area contributed by atoms with Crippen LogP contribution in [0.3, 0.4) is 0 Å². The molecule has 0 bridgehead atoms. The number of nitrogens with one attached hydrogen (secondary N) is 1. The van der Waals surface area contributed by atoms with Gasteiger partial charge in [-0.25, -0.2) is 0 Å². The average Bonchev–Trinajstić information content (AvgIpc) is 2.75. The Morgan fingerprint density at radius 3 is 2.94 bits per heavy atom. The number of nitrogens with two attached hydrogens (primary N) is 1. The second-order valence-electron chi connectivity index (χ2n) is 2.98. The number of hydrogen-bond acceptors (Lipinski definition) is 5. The van der Waals surface area contributed by atoms with E-state index in [2.05, 4.69) is 30.8 Å². The number of carbonyl (C=O) groups is 1. The van der Waals surface area contributed by atoms with Gasteiger partial charge in [0.25, 0.3) is 5.91 Å². The van der Waals surface area contributed by atoms with E-state index >= 15 is 0 Å². The maximum atomic E-state index is 11.6. The van der Waals surface area contributed by atoms with E-state index in [-0.39, 0.29) is 11.6 Å². The van der Waals surface area contributed by atoms with Crippen LogP contribution in [0.25, 0.3) is 0 Å². The molecule has 0 fully saturated rings. The van der Waals surface area contributed by atoms with Crippen LogP contribution in [-0.2, 0) is 0 Å². The molecular weight excluding hydrogens is 292 g/mol. The quantitative estimate of drug-likeness (QED) is 0.832. The Labute approximate surface area is 104 Å². The lowest BCUT2D eigenvalue weighted by Gasteiger charge is -2.06. The van der Waals surface area contributed by atoms with E-state index in [1.807, 2.05) is 0 Å². The van der Waals surface area contributed by atoms with Crippen molar-refractivity contribution in [3.05, 3.63) is 33.7 Å². The third-order valence-corrected chi connectivity index (χ3v) is 2.85. The van der Waals surface area contributed by atoms with Gasteiger partial charge >= 0.3 is 0 Å². The molecule has 16 heavy (non-hydrogen) atoms. The first-order chi connectivity index (χ1) is 7.66. The molecule has 0 aliphatic carbocycles. The first-order valence-corrected chi connectivity index (χ1v) is 5.93. The molecule has 82 valence electrons. The Kier molecular flexibility index (Phi) is 3.16. The van der Waals surface area contributed by atoms with E-state index in [0.29, 0.717) is 11.4 Å². The molecule has 0 unspecified atom stereocenters. The highest BCUT2D eigenvalue weighted by Gasteiger charge is 2.10. The summed E-state index contributed by atoms with van der Waals surface area (Å²) in [5.74, 6) is -0.317. The van der Waals surface area contributed by atoms with E-state index in [0.717, 1.165) is 16.0 Å². The fourth-order valence-corrected chi connectivity index (χ4v) is 1.91. The number of halogens is 1. The van der Waals surface area contributed by atoms with Crippen molar-refractivity contribution in [3.8, 4) is 0 Å². The summed E-state index contributed by atoms with van der Waals surface area (Å²) >= 11 is 4.41. The Bertz CT molecular complexity index is 514. The summed E-state index contributed by atoms with van der Waals surface area (Å²) in [7, 11) is 0. The zero-order valence-electron chi connectivity index (χ0n) is 7.98. The highest BCUT2D eigenvalue weighted by atomic mass is 79.9. The largest absolute Gasteiger partial charge is 0.397 e. The van der Waals surface area contributed by atoms with Gasteiger partial charge in [0, 0.05) is 9.85 Å². The van der Waals surface area contributed by atoms with E-state index in [9.17, 15) is 4.79 Å². The summed E-state index contributed by atoms with van der Waals surface area (Å²) < 4.78 is 4.47. The molecule has 0 aliphatic rings. The number of nitrogens with zero attached hydrogens (tertiary/aromatic N) is 2. The van der Waals surface area contributed by atoms with Gasteiger partial charge in [-0.3, -0.25) is 4.79 Å². The first kappa shape index (κ1) is 11.0. The molecule has 0 radical (unpaired) electrons. The van der Waals surface area contributed by atoms with Crippen LogP contribution < -0.4 is 11.1 Å². The third kappa shape index (κ3) is 2.37. The molecule has 5 nitrogen and oxygen atoms in total. The van der Waals surface area contributed by atoms with Gasteiger partial charge in [0.05, 0.1) is 11.4 Å². The van der Waals surface area contributed by atoms with Crippen molar-refractivity contribution in [1.29, 1.82) is 0 Å². The van der Waals surface area contributed by atoms with Crippen molar-refractivity contribution in [3.63, 3.8) is 0 Å². The van der Waals surface area contributed by atoms with Crippen LogP contribution in [0.4, 0.5) is 11.4 Å². The van der Waals surface area contributed by atoms with Gasteiger partial charge in [-0.2, -0.15) is 0 Å². The van der Waals surface area contributed by atoms with Crippen molar-refractivity contribution in [1.82, 2.24) is 9.59 Å². The maximum Gasteiger partial charge on any atom is 0.277 e. The Morgan fingerprint density at radius 1 is 1.50 bits per heavy atom. The maximum absolute atomic E-state index is 11.6. The standard InChI is InChI=1S/C9H7BrN4OS/c10-5-1-2-7(6(11)3-5)12-9(15)8-4-16-14-13-8/h1-4H,11H2,(H,12,15). The lowest BCUT2D eigenvalue weighted by Crippen LogP contribution is -2.13. The minimum atomic E-state index is -0.317. The second kappa shape index (κ2) is 4.58. The van der Waals surface area contributed by atoms with Crippen molar-refractivity contribution in [2.24, 2.45) is 0 Å². The fraction of sp³-hybridized carbons (Fsp3) is 0. The predicted molar refractivity (Wildman–Crippen MR) is 66.4 cm³/mol. The van der Waals surface area contributed by atoms with Crippen molar-refractivity contribution < 1.29 is 4.79 Å². The number of carbonyl (C=O) groups excluding carboxylic acids is 1. The normalized spacial score (nSPS) is 10.1. The molecule has 0 aliphatic heterocycles. The molecule has 0 atom stereocenters. The van der Waals surface area contributed by atoms with Crippen LogP contribution in [-0.4, -0.2) is 15.5 Å². The lowest BCUT2D eigenvalue weighted by molar-refractivity contribution is 0.102. The molecule has 7 heteroatoms. The summed E-state index contributed by atoms with van der Waals surface area (Å²) in [6.45, 7) is 0. The number of anilines is 2. The van der Waals surface area contributed by atoms with E-state index in [1.165, 1.54) is 0 Å². The summed E-state index contributed by atoms with van der Waals surface area (Å²) in [6.07, 6.45) is 0. The number of aromatic nitrogens is 2. The van der Waals surface area contributed by atoms with Crippen molar-refractivity contribution in [2.75, 3.05) is 11.1 Å². The minimum absolute atomic E-state index is 0.285. The molecule has 0 saturated heterocycles. The van der Waals surface area contributed by atoms with Gasteiger partial charge in [-0.15, -0.1) is 5.10 Å². The Morgan fingerprint density at radius 2 is 2.31 bits per heavy atom. The van der Waals surface area contributed by atoms with Crippen LogP contribution in [0.15, 0.2) is 28.1 Å². The zero-order chi connectivity index (χ0) is 11.5. The zero-order valence-corrected chi connectivity index (χ0v) is 10.4. The summed E-state index contributed by atoms with van der Waals surface area (Å²) in [6, 6.07) is 5.23. The minimum Gasteiger partial charge on any atom is -0.397 e. The van der Waals surface area contributed by atoms with E-state index < -0.39 is 0 Å². The van der Waals surface area contributed by atoms with Gasteiger partial charge in [-0.1, -0.05) is 20.4 Å². The van der Waals surface area contributed by atoms with Crippen LogP contribution in [0.1, 0.15) is 10.5 Å². The Hall–Kier alpha value is -1.47. The molecule has 1 aromatic heterocycles. The highest BCUT2D eigenvalue weighted by molar-refractivity contribution is 9.10. The SMILES string of the molecule is Nc1cc(Br)ccc1NC(=O)c1csnn1. The first-order valence-electron chi connectivity index (χ1n) is 4.30. The number of amides is 1. The molecule has 1 amide bonds. The summed E-state index contributed by atoms with van der Waals surface area (Å²) in [5.41, 5.74) is 7.08. The molecule has 1 heterocycles. The highest BCUT2D eigenvalue weighted by Crippen LogP contribution is 2.23. The molecule has 2 rings (SSSR count). The van der Waals surface area contributed by atoms with Crippen molar-refractivity contribution in [2.45, 2.75) is 0 Å². The van der Waals surface area contributed by atoms with Crippen LogP contribution in [0, 0.1) is 0 Å². The number of hydrogen-bond donors (Lipinski definition) is 2. The smallest absolute Gasteiger partial charge is 0.277 e. The summed E-state index contributed by atoms with van der Waals surface area (Å²) in [4.78, 5) is 11.6. The third-order valence-electron chi connectivity index (χ3n) is 1.85. The molecule has 0 spiro atoms. The van der Waals surface area contributed by atoms with Gasteiger partial charge in [0.2, 0.25) is 0 Å². The van der Waals surface area contributed by atoms with E-state index in [4.69, 9.17) is 5.73 Å². The van der Waals surface area contributed by atoms with Gasteiger partial charge in [0.1, 0.15) is 0 Å². The van der Waals surface area contributed by atoms with Crippen LogP contribution in [0.5, 0.6) is 0 Å². The second-order valence-corrected chi connectivity index (χ2v) is 4.50. The average molecular weight is 299 g/mol. The monoisotopic (exact) mass is 298 g/mol. The van der Waals surface area contributed by atoms with Gasteiger partial charge in [-0.05, 0) is 29.7 Å². The molecule has 3 N–H and O–H groups in total. The molecule has 0 saturated carbocycles. The number of nitrogen functional groups attached to an aromatic ring is 1. The fourth-order valence-electron chi connectivity index (χ4n) is 1.10. The summed E-state index contributed by atoms with van der Waals surface area (Å²) in [5, 5.41) is 7.90. The van der Waals surface area contributed by atoms with Crippen molar-refractivity contribution >= 4 is 44.7 Å². The molecule has 1 aromatic carbocycles. The predicted octanol–water partition coefficient (Wildman–Crippen LogP) is 2.14. The van der Waals surface area contributed by atoms with Crippen LogP contribution >= 0.6 is 27.5 Å². The molecular formula is C9H7BrN4OS.